The van der Waals surface area contributed by atoms with Crippen LogP contribution in [-0.4, -0.2) is 23.2 Å². The Morgan fingerprint density at radius 3 is 2.86 bits per heavy atom. The molecule has 1 aliphatic rings. The molecule has 1 unspecified atom stereocenters. The third-order valence-corrected chi connectivity index (χ3v) is 3.62. The number of hydrogen-bond acceptors (Lipinski definition) is 5. The molecule has 110 valence electrons. The number of benzene rings is 1. The summed E-state index contributed by atoms with van der Waals surface area (Å²) < 4.78 is 11.3. The summed E-state index contributed by atoms with van der Waals surface area (Å²) in [4.78, 5) is 8.89. The van der Waals surface area contributed by atoms with Crippen molar-refractivity contribution in [2.24, 2.45) is 0 Å². The molecular formula is C16H19N3O2. The average molecular weight is 285 g/mol. The van der Waals surface area contributed by atoms with E-state index < -0.39 is 0 Å². The van der Waals surface area contributed by atoms with Crippen LogP contribution in [-0.2, 0) is 12.8 Å². The van der Waals surface area contributed by atoms with Gasteiger partial charge in [0.05, 0.1) is 12.7 Å². The van der Waals surface area contributed by atoms with E-state index in [1.54, 1.807) is 13.2 Å². The number of rotatable bonds is 3. The molecule has 3 rings (SSSR count). The van der Waals surface area contributed by atoms with E-state index in [4.69, 9.17) is 15.2 Å². The molecule has 21 heavy (non-hydrogen) atoms. The van der Waals surface area contributed by atoms with Gasteiger partial charge in [-0.1, -0.05) is 6.92 Å². The monoisotopic (exact) mass is 285 g/mol. The zero-order valence-corrected chi connectivity index (χ0v) is 12.5. The van der Waals surface area contributed by atoms with Gasteiger partial charge in [0.25, 0.3) is 0 Å². The quantitative estimate of drug-likeness (QED) is 0.938. The standard InChI is InChI=1S/C16H19N3O2/c1-4-11-7-15(17)19-16(18-11)12-8-13-10(5-9(2)21-13)6-14(12)20-3/h6-9H,4-5H2,1-3H3,(H2,17,18,19). The van der Waals surface area contributed by atoms with Crippen molar-refractivity contribution in [1.82, 2.24) is 9.97 Å². The van der Waals surface area contributed by atoms with Gasteiger partial charge in [-0.3, -0.25) is 0 Å². The molecule has 2 heterocycles. The minimum Gasteiger partial charge on any atom is -0.496 e. The Morgan fingerprint density at radius 2 is 2.14 bits per heavy atom. The predicted molar refractivity (Wildman–Crippen MR) is 81.6 cm³/mol. The number of aromatic nitrogens is 2. The first kappa shape index (κ1) is 13.7. The van der Waals surface area contributed by atoms with Gasteiger partial charge in [-0.15, -0.1) is 0 Å². The fraction of sp³-hybridized carbons (Fsp3) is 0.375. The van der Waals surface area contributed by atoms with Crippen LogP contribution in [0.15, 0.2) is 18.2 Å². The molecule has 0 aliphatic carbocycles. The molecule has 0 bridgehead atoms. The van der Waals surface area contributed by atoms with Crippen LogP contribution in [0.1, 0.15) is 25.1 Å². The second-order valence-electron chi connectivity index (χ2n) is 5.25. The Hall–Kier alpha value is -2.30. The van der Waals surface area contributed by atoms with Crippen LogP contribution in [0.2, 0.25) is 0 Å². The number of fused-ring (bicyclic) bond motifs is 1. The maximum absolute atomic E-state index is 5.88. The van der Waals surface area contributed by atoms with Crippen LogP contribution >= 0.6 is 0 Å². The third kappa shape index (κ3) is 2.51. The number of nitrogen functional groups attached to an aromatic ring is 1. The topological polar surface area (TPSA) is 70.3 Å². The molecular weight excluding hydrogens is 266 g/mol. The van der Waals surface area contributed by atoms with Gasteiger partial charge in [0.1, 0.15) is 23.4 Å². The summed E-state index contributed by atoms with van der Waals surface area (Å²) in [5, 5.41) is 0. The molecule has 1 aromatic carbocycles. The van der Waals surface area contributed by atoms with Crippen molar-refractivity contribution in [3.05, 3.63) is 29.5 Å². The Balaban J connectivity index is 2.14. The fourth-order valence-corrected chi connectivity index (χ4v) is 2.60. The van der Waals surface area contributed by atoms with Crippen molar-refractivity contribution >= 4 is 5.82 Å². The highest BCUT2D eigenvalue weighted by atomic mass is 16.5. The largest absolute Gasteiger partial charge is 0.496 e. The zero-order chi connectivity index (χ0) is 15.0. The second kappa shape index (κ2) is 5.24. The molecule has 1 aliphatic heterocycles. The maximum Gasteiger partial charge on any atom is 0.165 e. The molecule has 5 heteroatoms. The van der Waals surface area contributed by atoms with Crippen LogP contribution in [0.4, 0.5) is 5.82 Å². The van der Waals surface area contributed by atoms with Crippen molar-refractivity contribution < 1.29 is 9.47 Å². The molecule has 0 saturated carbocycles. The lowest BCUT2D eigenvalue weighted by molar-refractivity contribution is 0.254. The number of anilines is 1. The van der Waals surface area contributed by atoms with Gasteiger partial charge in [0, 0.05) is 23.7 Å². The Bertz CT molecular complexity index is 685. The first-order valence-electron chi connectivity index (χ1n) is 7.12. The van der Waals surface area contributed by atoms with E-state index >= 15 is 0 Å². The SMILES string of the molecule is CCc1cc(N)nc(-c2cc3c(cc2OC)CC(C)O3)n1. The second-order valence-corrected chi connectivity index (χ2v) is 5.25. The third-order valence-electron chi connectivity index (χ3n) is 3.62. The minimum absolute atomic E-state index is 0.188. The van der Waals surface area contributed by atoms with Gasteiger partial charge in [-0.25, -0.2) is 9.97 Å². The summed E-state index contributed by atoms with van der Waals surface area (Å²) in [5.41, 5.74) is 8.75. The van der Waals surface area contributed by atoms with Gasteiger partial charge in [0.15, 0.2) is 5.82 Å². The number of nitrogens with zero attached hydrogens (tertiary/aromatic N) is 2. The highest BCUT2D eigenvalue weighted by Crippen LogP contribution is 2.39. The molecule has 0 spiro atoms. The van der Waals surface area contributed by atoms with E-state index in [-0.39, 0.29) is 6.10 Å². The lowest BCUT2D eigenvalue weighted by Gasteiger charge is -2.11. The molecule has 0 amide bonds. The molecule has 5 nitrogen and oxygen atoms in total. The van der Waals surface area contributed by atoms with Crippen molar-refractivity contribution in [3.63, 3.8) is 0 Å². The first-order valence-corrected chi connectivity index (χ1v) is 7.12. The first-order chi connectivity index (χ1) is 10.1. The minimum atomic E-state index is 0.188. The number of hydrogen-bond donors (Lipinski definition) is 1. The molecule has 2 N–H and O–H groups in total. The van der Waals surface area contributed by atoms with Crippen LogP contribution in [0.5, 0.6) is 11.5 Å². The van der Waals surface area contributed by atoms with Crippen LogP contribution < -0.4 is 15.2 Å². The lowest BCUT2D eigenvalue weighted by Crippen LogP contribution is -2.05. The summed E-state index contributed by atoms with van der Waals surface area (Å²) in [6, 6.07) is 5.75. The summed E-state index contributed by atoms with van der Waals surface area (Å²) in [7, 11) is 1.65. The van der Waals surface area contributed by atoms with E-state index in [1.165, 1.54) is 0 Å². The molecule has 1 atom stereocenters. The van der Waals surface area contributed by atoms with E-state index in [0.717, 1.165) is 41.2 Å². The van der Waals surface area contributed by atoms with Gasteiger partial charge < -0.3 is 15.2 Å². The number of methoxy groups -OCH3 is 1. The molecule has 0 saturated heterocycles. The van der Waals surface area contributed by atoms with E-state index in [0.29, 0.717) is 11.6 Å². The highest BCUT2D eigenvalue weighted by molar-refractivity contribution is 5.69. The summed E-state index contributed by atoms with van der Waals surface area (Å²) in [6.07, 6.45) is 1.89. The van der Waals surface area contributed by atoms with Crippen molar-refractivity contribution in [3.8, 4) is 22.9 Å². The van der Waals surface area contributed by atoms with Crippen LogP contribution in [0.3, 0.4) is 0 Å². The number of ether oxygens (including phenoxy) is 2. The Morgan fingerprint density at radius 1 is 1.33 bits per heavy atom. The van der Waals surface area contributed by atoms with Crippen molar-refractivity contribution in [2.75, 3.05) is 12.8 Å². The van der Waals surface area contributed by atoms with Crippen molar-refractivity contribution in [1.29, 1.82) is 0 Å². The van der Waals surface area contributed by atoms with Crippen LogP contribution in [0, 0.1) is 0 Å². The average Bonchev–Trinajstić information content (AvgIpc) is 2.84. The van der Waals surface area contributed by atoms with E-state index in [9.17, 15) is 0 Å². The van der Waals surface area contributed by atoms with Gasteiger partial charge >= 0.3 is 0 Å². The smallest absolute Gasteiger partial charge is 0.165 e. The number of aryl methyl sites for hydroxylation is 1. The highest BCUT2D eigenvalue weighted by Gasteiger charge is 2.23. The molecule has 0 fully saturated rings. The van der Waals surface area contributed by atoms with Crippen LogP contribution in [0.25, 0.3) is 11.4 Å². The van der Waals surface area contributed by atoms with E-state index in [2.05, 4.69) is 16.9 Å². The molecule has 0 radical (unpaired) electrons. The lowest BCUT2D eigenvalue weighted by atomic mass is 10.1. The van der Waals surface area contributed by atoms with Crippen molar-refractivity contribution in [2.45, 2.75) is 32.8 Å². The molecule has 1 aromatic heterocycles. The predicted octanol–water partition coefficient (Wildman–Crippen LogP) is 2.62. The fourth-order valence-electron chi connectivity index (χ4n) is 2.60. The van der Waals surface area contributed by atoms with Gasteiger partial charge in [0.2, 0.25) is 0 Å². The number of nitrogens with two attached hydrogens (primary N) is 1. The zero-order valence-electron chi connectivity index (χ0n) is 12.5. The summed E-state index contributed by atoms with van der Waals surface area (Å²) >= 11 is 0. The normalized spacial score (nSPS) is 16.4. The maximum atomic E-state index is 5.88. The Labute approximate surface area is 124 Å². The molecule has 2 aromatic rings. The van der Waals surface area contributed by atoms with E-state index in [1.807, 2.05) is 19.1 Å². The Kier molecular flexibility index (Phi) is 3.41. The summed E-state index contributed by atoms with van der Waals surface area (Å²) in [5.74, 6) is 2.67. The summed E-state index contributed by atoms with van der Waals surface area (Å²) in [6.45, 7) is 4.09. The van der Waals surface area contributed by atoms with Gasteiger partial charge in [-0.2, -0.15) is 0 Å². The van der Waals surface area contributed by atoms with Gasteiger partial charge in [-0.05, 0) is 25.5 Å².